The summed E-state index contributed by atoms with van der Waals surface area (Å²) in [5.41, 5.74) is 0.714. The number of amides is 1. The second kappa shape index (κ2) is 9.13. The predicted molar refractivity (Wildman–Crippen MR) is 111 cm³/mol. The van der Waals surface area contributed by atoms with Crippen LogP contribution in [0.1, 0.15) is 12.8 Å². The van der Waals surface area contributed by atoms with Gasteiger partial charge in [0.05, 0.1) is 25.6 Å². The van der Waals surface area contributed by atoms with Gasteiger partial charge in [0.1, 0.15) is 17.6 Å². The number of benzene rings is 2. The summed E-state index contributed by atoms with van der Waals surface area (Å²) in [6.07, 6.45) is 0.945. The molecule has 0 saturated carbocycles. The van der Waals surface area contributed by atoms with Crippen molar-refractivity contribution in [3.63, 3.8) is 0 Å². The summed E-state index contributed by atoms with van der Waals surface area (Å²) in [5.74, 6) is -0.154. The van der Waals surface area contributed by atoms with Crippen molar-refractivity contribution in [3.05, 3.63) is 60.2 Å². The summed E-state index contributed by atoms with van der Waals surface area (Å²) in [6.45, 7) is 1.29. The first-order chi connectivity index (χ1) is 14.7. The second-order valence-electron chi connectivity index (χ2n) is 6.68. The fraction of sp³-hybridized carbons (Fsp3) is 0.250. The summed E-state index contributed by atoms with van der Waals surface area (Å²) in [5, 5.41) is 6.44. The maximum Gasteiger partial charge on any atom is 0.246 e. The van der Waals surface area contributed by atoms with Crippen molar-refractivity contribution in [3.8, 4) is 17.1 Å². The third-order valence-corrected chi connectivity index (χ3v) is 5.60. The number of ether oxygens (including phenoxy) is 1. The second-order valence-corrected chi connectivity index (χ2v) is 8.54. The molecule has 0 radical (unpaired) electrons. The van der Waals surface area contributed by atoms with E-state index in [1.807, 2.05) is 0 Å². The van der Waals surface area contributed by atoms with Crippen LogP contribution in [0.25, 0.3) is 11.4 Å². The normalized spacial score (nSPS) is 12.3. The molecule has 164 valence electrons. The number of aromatic nitrogens is 2. The summed E-state index contributed by atoms with van der Waals surface area (Å²) in [7, 11) is -2.32. The van der Waals surface area contributed by atoms with Crippen LogP contribution in [0.3, 0.4) is 0 Å². The first kappa shape index (κ1) is 22.2. The van der Waals surface area contributed by atoms with Gasteiger partial charge in [0.15, 0.2) is 0 Å². The van der Waals surface area contributed by atoms with Gasteiger partial charge in [-0.15, -0.1) is 0 Å². The zero-order valence-electron chi connectivity index (χ0n) is 17.1. The van der Waals surface area contributed by atoms with E-state index in [2.05, 4.69) is 15.5 Å². The molecule has 3 rings (SSSR count). The molecule has 1 N–H and O–H groups in total. The monoisotopic (exact) mass is 448 g/mol. The molecule has 0 bridgehead atoms. The maximum atomic E-state index is 13.6. The van der Waals surface area contributed by atoms with Crippen LogP contribution in [-0.2, 0) is 21.4 Å². The fourth-order valence-electron chi connectivity index (χ4n) is 2.94. The van der Waals surface area contributed by atoms with Gasteiger partial charge < -0.3 is 14.6 Å². The Labute approximate surface area is 178 Å². The minimum Gasteiger partial charge on any atom is -0.497 e. The summed E-state index contributed by atoms with van der Waals surface area (Å²) in [6, 6.07) is 10.9. The molecular weight excluding hydrogens is 427 g/mol. The highest BCUT2D eigenvalue weighted by Gasteiger charge is 2.29. The molecule has 1 heterocycles. The summed E-state index contributed by atoms with van der Waals surface area (Å²) >= 11 is 0. The average molecular weight is 448 g/mol. The van der Waals surface area contributed by atoms with Crippen molar-refractivity contribution in [2.24, 2.45) is 0 Å². The number of anilines is 1. The summed E-state index contributed by atoms with van der Waals surface area (Å²) < 4.78 is 49.2. The number of halogens is 1. The van der Waals surface area contributed by atoms with E-state index in [0.717, 1.165) is 16.6 Å². The topological polar surface area (TPSA) is 115 Å². The number of methoxy groups -OCH3 is 1. The number of hydrogen-bond donors (Lipinski definition) is 1. The lowest BCUT2D eigenvalue weighted by molar-refractivity contribution is -0.122. The molecule has 1 amide bonds. The molecule has 0 aliphatic heterocycles. The molecule has 0 saturated heterocycles. The lowest BCUT2D eigenvalue weighted by atomic mass is 10.2. The van der Waals surface area contributed by atoms with Crippen LogP contribution in [0.5, 0.6) is 5.75 Å². The Hall–Kier alpha value is -3.47. The number of carbonyl (C=O) groups excluding carboxylic acids is 1. The van der Waals surface area contributed by atoms with E-state index >= 15 is 0 Å². The molecule has 0 aliphatic rings. The van der Waals surface area contributed by atoms with Crippen molar-refractivity contribution in [1.29, 1.82) is 0 Å². The van der Waals surface area contributed by atoms with E-state index in [1.165, 1.54) is 25.1 Å². The van der Waals surface area contributed by atoms with E-state index in [-0.39, 0.29) is 18.1 Å². The van der Waals surface area contributed by atoms with Crippen LogP contribution in [0, 0.1) is 5.82 Å². The van der Waals surface area contributed by atoms with Gasteiger partial charge in [0, 0.05) is 5.56 Å². The number of nitrogens with zero attached hydrogens (tertiary/aromatic N) is 3. The van der Waals surface area contributed by atoms with Crippen LogP contribution in [0.15, 0.2) is 53.1 Å². The minimum atomic E-state index is -3.86. The van der Waals surface area contributed by atoms with Gasteiger partial charge in [-0.3, -0.25) is 9.10 Å². The third-order valence-electron chi connectivity index (χ3n) is 4.36. The number of hydrogen-bond acceptors (Lipinski definition) is 7. The van der Waals surface area contributed by atoms with Crippen LogP contribution < -0.4 is 14.4 Å². The van der Waals surface area contributed by atoms with Gasteiger partial charge in [-0.1, -0.05) is 23.4 Å². The van der Waals surface area contributed by atoms with E-state index in [1.54, 1.807) is 31.4 Å². The Morgan fingerprint density at radius 2 is 2.00 bits per heavy atom. The third kappa shape index (κ3) is 5.37. The first-order valence-corrected chi connectivity index (χ1v) is 11.0. The highest BCUT2D eigenvalue weighted by molar-refractivity contribution is 7.92. The Balaban J connectivity index is 1.71. The van der Waals surface area contributed by atoms with Crippen LogP contribution in [-0.4, -0.2) is 43.9 Å². The Kier molecular flexibility index (Phi) is 6.54. The SMILES string of the molecule is COc1cccc(-c2noc(CNC(=O)C(C)N(c3cccc(F)c3)S(C)(=O)=O)n2)c1. The van der Waals surface area contributed by atoms with Gasteiger partial charge in [-0.05, 0) is 37.3 Å². The van der Waals surface area contributed by atoms with E-state index < -0.39 is 27.8 Å². The van der Waals surface area contributed by atoms with Crippen molar-refractivity contribution in [2.45, 2.75) is 19.5 Å². The van der Waals surface area contributed by atoms with Gasteiger partial charge in [0.25, 0.3) is 0 Å². The van der Waals surface area contributed by atoms with Gasteiger partial charge >= 0.3 is 0 Å². The zero-order chi connectivity index (χ0) is 22.6. The molecular formula is C20H21FN4O5S. The van der Waals surface area contributed by atoms with Crippen molar-refractivity contribution in [1.82, 2.24) is 15.5 Å². The van der Waals surface area contributed by atoms with E-state index in [4.69, 9.17) is 9.26 Å². The van der Waals surface area contributed by atoms with Crippen molar-refractivity contribution >= 4 is 21.6 Å². The van der Waals surface area contributed by atoms with Gasteiger partial charge in [-0.2, -0.15) is 4.98 Å². The molecule has 9 nitrogen and oxygen atoms in total. The number of carbonyl (C=O) groups is 1. The molecule has 31 heavy (non-hydrogen) atoms. The molecule has 3 aromatic rings. The molecule has 1 aromatic heterocycles. The lowest BCUT2D eigenvalue weighted by Gasteiger charge is -2.28. The van der Waals surface area contributed by atoms with Crippen LogP contribution >= 0.6 is 0 Å². The van der Waals surface area contributed by atoms with E-state index in [0.29, 0.717) is 17.1 Å². The lowest BCUT2D eigenvalue weighted by Crippen LogP contribution is -2.47. The Bertz CT molecular complexity index is 1180. The molecule has 0 aliphatic carbocycles. The van der Waals surface area contributed by atoms with Crippen LogP contribution in [0.4, 0.5) is 10.1 Å². The average Bonchev–Trinajstić information content (AvgIpc) is 3.20. The zero-order valence-corrected chi connectivity index (χ0v) is 17.9. The molecule has 2 aromatic carbocycles. The first-order valence-electron chi connectivity index (χ1n) is 9.18. The fourth-order valence-corrected chi connectivity index (χ4v) is 4.11. The van der Waals surface area contributed by atoms with Crippen molar-refractivity contribution in [2.75, 3.05) is 17.7 Å². The molecule has 0 spiro atoms. The molecule has 1 atom stereocenters. The molecule has 0 fully saturated rings. The smallest absolute Gasteiger partial charge is 0.246 e. The van der Waals surface area contributed by atoms with Crippen molar-refractivity contribution < 1.29 is 26.9 Å². The van der Waals surface area contributed by atoms with Gasteiger partial charge in [-0.25, -0.2) is 12.8 Å². The maximum absolute atomic E-state index is 13.6. The standard InChI is InChI=1S/C20H21FN4O5S/c1-13(25(31(3,27)28)16-8-5-7-15(21)11-16)20(26)22-12-18-23-19(24-30-18)14-6-4-9-17(10-14)29-2/h4-11,13H,12H2,1-3H3,(H,22,26). The number of sulfonamides is 1. The number of nitrogens with one attached hydrogen (secondary N) is 1. The highest BCUT2D eigenvalue weighted by Crippen LogP contribution is 2.23. The quantitative estimate of drug-likeness (QED) is 0.563. The summed E-state index contributed by atoms with van der Waals surface area (Å²) in [4.78, 5) is 16.8. The Morgan fingerprint density at radius 1 is 1.26 bits per heavy atom. The van der Waals surface area contributed by atoms with E-state index in [9.17, 15) is 17.6 Å². The molecule has 1 unspecified atom stereocenters. The van der Waals surface area contributed by atoms with Gasteiger partial charge in [0.2, 0.25) is 27.6 Å². The minimum absolute atomic E-state index is 0.0447. The number of rotatable bonds is 8. The van der Waals surface area contributed by atoms with Crippen LogP contribution in [0.2, 0.25) is 0 Å². The molecule has 11 heteroatoms. The highest BCUT2D eigenvalue weighted by atomic mass is 32.2. The predicted octanol–water partition coefficient (Wildman–Crippen LogP) is 2.36. The largest absolute Gasteiger partial charge is 0.497 e. The Morgan fingerprint density at radius 3 is 2.68 bits per heavy atom.